The molecule has 8 heteroatoms. The van der Waals surface area contributed by atoms with E-state index in [9.17, 15) is 9.59 Å². The Hall–Kier alpha value is -1.57. The molecule has 0 saturated carbocycles. The molecule has 1 atom stereocenters. The van der Waals surface area contributed by atoms with Crippen LogP contribution in [0.5, 0.6) is 0 Å². The predicted molar refractivity (Wildman–Crippen MR) is 94.4 cm³/mol. The third-order valence-electron chi connectivity index (χ3n) is 3.06. The average molecular weight is 356 g/mol. The molecule has 1 unspecified atom stereocenters. The molecule has 1 aromatic heterocycles. The summed E-state index contributed by atoms with van der Waals surface area (Å²) >= 11 is 1.17. The SMILES string of the molecule is CCCC(C)c1nc(SCC(=O)OC(C)(C)C)n(C(=O)N(C)C)n1. The van der Waals surface area contributed by atoms with Gasteiger partial charge in [-0.1, -0.05) is 32.0 Å². The standard InChI is InChI=1S/C16H28N4O3S/c1-8-9-11(2)13-17-14(20(18-13)15(22)19(6)7)24-10-12(21)23-16(3,4)5/h11H,8-10H2,1-7H3. The molecule has 0 N–H and O–H groups in total. The van der Waals surface area contributed by atoms with Crippen LogP contribution in [-0.2, 0) is 9.53 Å². The minimum atomic E-state index is -0.536. The second-order valence-electron chi connectivity index (χ2n) is 6.91. The van der Waals surface area contributed by atoms with Crippen molar-refractivity contribution in [2.75, 3.05) is 19.8 Å². The van der Waals surface area contributed by atoms with E-state index in [1.54, 1.807) is 14.1 Å². The Balaban J connectivity index is 2.94. The van der Waals surface area contributed by atoms with Crippen molar-refractivity contribution in [3.63, 3.8) is 0 Å². The quantitative estimate of drug-likeness (QED) is 0.575. The smallest absolute Gasteiger partial charge is 0.346 e. The summed E-state index contributed by atoms with van der Waals surface area (Å²) in [5.74, 6) is 0.520. The van der Waals surface area contributed by atoms with Crippen molar-refractivity contribution in [3.05, 3.63) is 5.82 Å². The maximum absolute atomic E-state index is 12.3. The van der Waals surface area contributed by atoms with Crippen molar-refractivity contribution in [2.24, 2.45) is 0 Å². The van der Waals surface area contributed by atoms with Crippen LogP contribution in [0.4, 0.5) is 4.79 Å². The first-order chi connectivity index (χ1) is 11.0. The number of aromatic nitrogens is 3. The summed E-state index contributed by atoms with van der Waals surface area (Å²) in [6.07, 6.45) is 1.95. The van der Waals surface area contributed by atoms with Gasteiger partial charge >= 0.3 is 12.0 Å². The lowest BCUT2D eigenvalue weighted by atomic mass is 10.1. The van der Waals surface area contributed by atoms with E-state index in [4.69, 9.17) is 4.74 Å². The van der Waals surface area contributed by atoms with E-state index in [1.807, 2.05) is 27.7 Å². The molecule has 0 radical (unpaired) electrons. The van der Waals surface area contributed by atoms with Gasteiger partial charge in [-0.3, -0.25) is 4.79 Å². The van der Waals surface area contributed by atoms with Gasteiger partial charge in [0.2, 0.25) is 0 Å². The van der Waals surface area contributed by atoms with Gasteiger partial charge < -0.3 is 9.64 Å². The zero-order valence-electron chi connectivity index (χ0n) is 15.6. The highest BCUT2D eigenvalue weighted by molar-refractivity contribution is 7.99. The Morgan fingerprint density at radius 1 is 1.33 bits per heavy atom. The van der Waals surface area contributed by atoms with E-state index in [1.165, 1.54) is 21.3 Å². The van der Waals surface area contributed by atoms with E-state index >= 15 is 0 Å². The number of esters is 1. The zero-order valence-corrected chi connectivity index (χ0v) is 16.4. The number of carbonyl (C=O) groups excluding carboxylic acids is 2. The number of thioether (sulfide) groups is 1. The van der Waals surface area contributed by atoms with Gasteiger partial charge in [0.1, 0.15) is 5.60 Å². The van der Waals surface area contributed by atoms with E-state index < -0.39 is 5.60 Å². The van der Waals surface area contributed by atoms with Gasteiger partial charge in [0, 0.05) is 20.0 Å². The Bertz CT molecular complexity index is 578. The number of hydrogen-bond donors (Lipinski definition) is 0. The number of rotatable bonds is 6. The highest BCUT2D eigenvalue weighted by Crippen LogP contribution is 2.23. The van der Waals surface area contributed by atoms with Crippen molar-refractivity contribution in [3.8, 4) is 0 Å². The lowest BCUT2D eigenvalue weighted by Crippen LogP contribution is -2.29. The average Bonchev–Trinajstić information content (AvgIpc) is 2.86. The molecular weight excluding hydrogens is 328 g/mol. The second kappa shape index (κ2) is 8.50. The molecule has 7 nitrogen and oxygen atoms in total. The number of nitrogens with zero attached hydrogens (tertiary/aromatic N) is 4. The summed E-state index contributed by atoms with van der Waals surface area (Å²) in [4.78, 5) is 30.1. The fraction of sp³-hybridized carbons (Fsp3) is 0.750. The molecule has 1 aromatic rings. The first kappa shape index (κ1) is 20.5. The van der Waals surface area contributed by atoms with Crippen LogP contribution >= 0.6 is 11.8 Å². The van der Waals surface area contributed by atoms with Gasteiger partial charge in [0.25, 0.3) is 0 Å². The lowest BCUT2D eigenvalue weighted by molar-refractivity contribution is -0.151. The molecule has 24 heavy (non-hydrogen) atoms. The van der Waals surface area contributed by atoms with Crippen LogP contribution in [0, 0.1) is 0 Å². The Labute approximate surface area is 148 Å². The van der Waals surface area contributed by atoms with E-state index in [0.29, 0.717) is 11.0 Å². The molecule has 0 saturated heterocycles. The lowest BCUT2D eigenvalue weighted by Gasteiger charge is -2.19. The molecule has 1 amide bonds. The van der Waals surface area contributed by atoms with Crippen molar-refractivity contribution >= 4 is 23.8 Å². The Kier molecular flexibility index (Phi) is 7.26. The molecule has 0 aliphatic heterocycles. The molecule has 0 fully saturated rings. The van der Waals surface area contributed by atoms with Crippen LogP contribution in [0.1, 0.15) is 59.2 Å². The molecule has 0 bridgehead atoms. The van der Waals surface area contributed by atoms with Crippen molar-refractivity contribution in [2.45, 2.75) is 64.1 Å². The molecule has 0 aromatic carbocycles. The summed E-state index contributed by atoms with van der Waals surface area (Å²) in [6, 6.07) is -0.288. The van der Waals surface area contributed by atoms with E-state index in [0.717, 1.165) is 12.8 Å². The molecule has 0 spiro atoms. The maximum atomic E-state index is 12.3. The second-order valence-corrected chi connectivity index (χ2v) is 7.85. The van der Waals surface area contributed by atoms with Crippen LogP contribution in [0.15, 0.2) is 5.16 Å². The van der Waals surface area contributed by atoms with Crippen LogP contribution in [0.25, 0.3) is 0 Å². The van der Waals surface area contributed by atoms with Crippen molar-refractivity contribution < 1.29 is 14.3 Å². The van der Waals surface area contributed by atoms with Crippen LogP contribution in [0.3, 0.4) is 0 Å². The van der Waals surface area contributed by atoms with Gasteiger partial charge in [-0.2, -0.15) is 4.68 Å². The van der Waals surface area contributed by atoms with Gasteiger partial charge in [0.05, 0.1) is 5.75 Å². The number of carbonyl (C=O) groups is 2. The monoisotopic (exact) mass is 356 g/mol. The van der Waals surface area contributed by atoms with Gasteiger partial charge in [-0.25, -0.2) is 9.78 Å². The topological polar surface area (TPSA) is 77.3 Å². The molecule has 0 aliphatic carbocycles. The summed E-state index contributed by atoms with van der Waals surface area (Å²) in [5.41, 5.74) is -0.536. The number of hydrogen-bond acceptors (Lipinski definition) is 6. The maximum Gasteiger partial charge on any atom is 0.346 e. The third-order valence-corrected chi connectivity index (χ3v) is 3.96. The third kappa shape index (κ3) is 6.14. The summed E-state index contributed by atoms with van der Waals surface area (Å²) < 4.78 is 6.55. The molecule has 0 aliphatic rings. The first-order valence-corrected chi connectivity index (χ1v) is 9.07. The minimum Gasteiger partial charge on any atom is -0.459 e. The van der Waals surface area contributed by atoms with Crippen LogP contribution in [-0.4, -0.2) is 57.1 Å². The minimum absolute atomic E-state index is 0.0816. The Morgan fingerprint density at radius 3 is 2.46 bits per heavy atom. The van der Waals surface area contributed by atoms with Gasteiger partial charge in [-0.15, -0.1) is 5.10 Å². The zero-order chi connectivity index (χ0) is 18.5. The molecule has 1 rings (SSSR count). The highest BCUT2D eigenvalue weighted by Gasteiger charge is 2.23. The summed E-state index contributed by atoms with van der Waals surface area (Å²) in [6.45, 7) is 9.58. The normalized spacial score (nSPS) is 12.8. The molecular formula is C16H28N4O3S. The van der Waals surface area contributed by atoms with Gasteiger partial charge in [-0.05, 0) is 27.2 Å². The predicted octanol–water partition coefficient (Wildman–Crippen LogP) is 3.15. The summed E-state index contributed by atoms with van der Waals surface area (Å²) in [5, 5.41) is 4.76. The molecule has 1 heterocycles. The number of amides is 1. The largest absolute Gasteiger partial charge is 0.459 e. The highest BCUT2D eigenvalue weighted by atomic mass is 32.2. The first-order valence-electron chi connectivity index (χ1n) is 8.08. The van der Waals surface area contributed by atoms with E-state index in [2.05, 4.69) is 17.0 Å². The van der Waals surface area contributed by atoms with Gasteiger partial charge in [0.15, 0.2) is 11.0 Å². The fourth-order valence-corrected chi connectivity index (χ4v) is 2.69. The number of ether oxygens (including phenoxy) is 1. The van der Waals surface area contributed by atoms with E-state index in [-0.39, 0.29) is 23.7 Å². The fourth-order valence-electron chi connectivity index (χ4n) is 1.99. The van der Waals surface area contributed by atoms with Crippen LogP contribution in [0.2, 0.25) is 0 Å². The summed E-state index contributed by atoms with van der Waals surface area (Å²) in [7, 11) is 3.31. The Morgan fingerprint density at radius 2 is 1.96 bits per heavy atom. The van der Waals surface area contributed by atoms with Crippen LogP contribution < -0.4 is 0 Å². The van der Waals surface area contributed by atoms with Crippen molar-refractivity contribution in [1.82, 2.24) is 19.7 Å². The van der Waals surface area contributed by atoms with Crippen molar-refractivity contribution in [1.29, 1.82) is 0 Å². The molecule has 136 valence electrons.